The quantitative estimate of drug-likeness (QED) is 0.522. The number of alkyl halides is 3. The van der Waals surface area contributed by atoms with E-state index in [1.807, 2.05) is 6.07 Å². The lowest BCUT2D eigenvalue weighted by Gasteiger charge is -2.07. The first-order chi connectivity index (χ1) is 12.4. The second kappa shape index (κ2) is 5.20. The van der Waals surface area contributed by atoms with Gasteiger partial charge in [0.05, 0.1) is 11.7 Å². The Balaban J connectivity index is 1.51. The van der Waals surface area contributed by atoms with Gasteiger partial charge in [-0.05, 0) is 42.0 Å². The average molecular weight is 378 g/mol. The summed E-state index contributed by atoms with van der Waals surface area (Å²) >= 11 is 6.09. The summed E-state index contributed by atoms with van der Waals surface area (Å²) in [5, 5.41) is 4.56. The fourth-order valence-corrected chi connectivity index (χ4v) is 3.75. The second-order valence-electron chi connectivity index (χ2n) is 6.40. The molecular formula is C17H11ClF3N5. The summed E-state index contributed by atoms with van der Waals surface area (Å²) in [6.45, 7) is 0. The van der Waals surface area contributed by atoms with Crippen molar-refractivity contribution in [2.45, 2.75) is 24.4 Å². The molecule has 0 aromatic carbocycles. The molecule has 0 amide bonds. The number of imidazole rings is 2. The number of rotatable bonds is 2. The second-order valence-corrected chi connectivity index (χ2v) is 6.79. The van der Waals surface area contributed by atoms with E-state index in [1.54, 1.807) is 29.0 Å². The van der Waals surface area contributed by atoms with Gasteiger partial charge in [-0.25, -0.2) is 14.5 Å². The first-order valence-electron chi connectivity index (χ1n) is 7.96. The monoisotopic (exact) mass is 377 g/mol. The molecule has 0 spiro atoms. The minimum atomic E-state index is -4.48. The molecular weight excluding hydrogens is 367 g/mol. The van der Waals surface area contributed by atoms with E-state index >= 15 is 0 Å². The van der Waals surface area contributed by atoms with Gasteiger partial charge in [0.1, 0.15) is 5.15 Å². The molecule has 0 aliphatic heterocycles. The lowest BCUT2D eigenvalue weighted by atomic mass is 10.1. The van der Waals surface area contributed by atoms with Crippen molar-refractivity contribution < 1.29 is 13.2 Å². The van der Waals surface area contributed by atoms with Gasteiger partial charge in [0, 0.05) is 24.2 Å². The highest BCUT2D eigenvalue weighted by Gasteiger charge is 2.42. The molecule has 0 radical (unpaired) electrons. The van der Waals surface area contributed by atoms with Crippen molar-refractivity contribution in [3.8, 4) is 0 Å². The maximum absolute atomic E-state index is 13.0. The number of hydrogen-bond acceptors (Lipinski definition) is 3. The van der Waals surface area contributed by atoms with Gasteiger partial charge in [-0.2, -0.15) is 18.3 Å². The molecule has 1 fully saturated rings. The van der Waals surface area contributed by atoms with Crippen molar-refractivity contribution in [2.24, 2.45) is 0 Å². The van der Waals surface area contributed by atoms with Crippen molar-refractivity contribution in [1.29, 1.82) is 0 Å². The number of pyridine rings is 1. The molecule has 4 heterocycles. The van der Waals surface area contributed by atoms with Crippen molar-refractivity contribution in [3.05, 3.63) is 65.1 Å². The van der Waals surface area contributed by atoms with E-state index in [9.17, 15) is 13.2 Å². The van der Waals surface area contributed by atoms with E-state index in [4.69, 9.17) is 11.6 Å². The van der Waals surface area contributed by atoms with Gasteiger partial charge in [-0.1, -0.05) is 11.6 Å². The van der Waals surface area contributed by atoms with E-state index in [0.717, 1.165) is 27.6 Å². The number of halogens is 4. The Kier molecular flexibility index (Phi) is 3.13. The zero-order chi connectivity index (χ0) is 18.1. The fraction of sp³-hybridized carbons (Fsp3) is 0.235. The molecule has 1 saturated carbocycles. The van der Waals surface area contributed by atoms with Crippen molar-refractivity contribution >= 4 is 22.8 Å². The molecule has 5 rings (SSSR count). The highest BCUT2D eigenvalue weighted by atomic mass is 35.5. The van der Waals surface area contributed by atoms with Gasteiger partial charge >= 0.3 is 6.18 Å². The predicted molar refractivity (Wildman–Crippen MR) is 88.3 cm³/mol. The molecule has 2 atom stereocenters. The molecule has 0 bridgehead atoms. The number of aromatic nitrogens is 5. The average Bonchev–Trinajstić information content (AvgIpc) is 3.02. The van der Waals surface area contributed by atoms with E-state index in [0.29, 0.717) is 10.7 Å². The lowest BCUT2D eigenvalue weighted by Crippen LogP contribution is -2.10. The van der Waals surface area contributed by atoms with Crippen LogP contribution in [0.4, 0.5) is 13.2 Å². The molecule has 4 aromatic heterocycles. The Morgan fingerprint density at radius 1 is 1.12 bits per heavy atom. The van der Waals surface area contributed by atoms with Crippen LogP contribution in [0.1, 0.15) is 35.2 Å². The molecule has 132 valence electrons. The number of nitrogens with zero attached hydrogens (tertiary/aromatic N) is 5. The third-order valence-electron chi connectivity index (χ3n) is 4.79. The van der Waals surface area contributed by atoms with Gasteiger partial charge in [0.2, 0.25) is 5.82 Å². The van der Waals surface area contributed by atoms with Crippen molar-refractivity contribution in [1.82, 2.24) is 24.0 Å². The first kappa shape index (κ1) is 15.6. The van der Waals surface area contributed by atoms with Crippen LogP contribution >= 0.6 is 11.6 Å². The molecule has 0 N–H and O–H groups in total. The van der Waals surface area contributed by atoms with E-state index < -0.39 is 12.0 Å². The maximum Gasteiger partial charge on any atom is 0.450 e. The summed E-state index contributed by atoms with van der Waals surface area (Å²) in [4.78, 5) is 7.84. The Labute approximate surface area is 150 Å². The van der Waals surface area contributed by atoms with Gasteiger partial charge in [0.25, 0.3) is 0 Å². The smallest absolute Gasteiger partial charge is 0.296 e. The Morgan fingerprint density at radius 2 is 1.96 bits per heavy atom. The highest BCUT2D eigenvalue weighted by molar-refractivity contribution is 6.29. The summed E-state index contributed by atoms with van der Waals surface area (Å²) in [7, 11) is 0. The van der Waals surface area contributed by atoms with E-state index in [-0.39, 0.29) is 11.8 Å². The summed E-state index contributed by atoms with van der Waals surface area (Å²) in [6, 6.07) is 5.30. The molecule has 0 saturated heterocycles. The molecule has 1 aliphatic rings. The topological polar surface area (TPSA) is 47.5 Å². The predicted octanol–water partition coefficient (Wildman–Crippen LogP) is 4.32. The van der Waals surface area contributed by atoms with Crippen LogP contribution in [0.25, 0.3) is 11.2 Å². The van der Waals surface area contributed by atoms with Crippen molar-refractivity contribution in [3.63, 3.8) is 0 Å². The lowest BCUT2D eigenvalue weighted by molar-refractivity contribution is -0.145. The molecule has 0 unspecified atom stereocenters. The molecule has 1 aliphatic carbocycles. The van der Waals surface area contributed by atoms with Gasteiger partial charge in [0.15, 0.2) is 5.65 Å². The van der Waals surface area contributed by atoms with E-state index in [2.05, 4.69) is 15.1 Å². The van der Waals surface area contributed by atoms with Crippen LogP contribution in [-0.4, -0.2) is 24.0 Å². The van der Waals surface area contributed by atoms with Crippen molar-refractivity contribution in [2.75, 3.05) is 0 Å². The minimum absolute atomic E-state index is 0.211. The van der Waals surface area contributed by atoms with Crippen LogP contribution in [-0.2, 0) is 6.18 Å². The maximum atomic E-state index is 13.0. The third kappa shape index (κ3) is 2.36. The Hall–Kier alpha value is -2.61. The van der Waals surface area contributed by atoms with Crippen LogP contribution in [0.5, 0.6) is 0 Å². The summed E-state index contributed by atoms with van der Waals surface area (Å²) in [6.07, 6.45) is 2.49. The Morgan fingerprint density at radius 3 is 2.77 bits per heavy atom. The molecule has 5 nitrogen and oxygen atoms in total. The Bertz CT molecular complexity index is 1150. The van der Waals surface area contributed by atoms with Crippen LogP contribution in [0, 0.1) is 0 Å². The van der Waals surface area contributed by atoms with Crippen LogP contribution in [0.2, 0.25) is 5.15 Å². The molecule has 26 heavy (non-hydrogen) atoms. The summed E-state index contributed by atoms with van der Waals surface area (Å²) in [5.74, 6) is -0.484. The number of hydrogen-bond donors (Lipinski definition) is 0. The van der Waals surface area contributed by atoms with Gasteiger partial charge in [-0.15, -0.1) is 0 Å². The fourth-order valence-electron chi connectivity index (χ4n) is 3.55. The zero-order valence-corrected chi connectivity index (χ0v) is 13.9. The normalized spacial score (nSPS) is 20.2. The highest BCUT2D eigenvalue weighted by Crippen LogP contribution is 2.55. The van der Waals surface area contributed by atoms with Gasteiger partial charge < -0.3 is 0 Å². The summed E-state index contributed by atoms with van der Waals surface area (Å²) in [5.41, 5.74) is 3.17. The van der Waals surface area contributed by atoms with E-state index in [1.165, 1.54) is 12.4 Å². The first-order valence-corrected chi connectivity index (χ1v) is 8.33. The third-order valence-corrected chi connectivity index (χ3v) is 4.97. The zero-order valence-electron chi connectivity index (χ0n) is 13.2. The molecule has 9 heteroatoms. The minimum Gasteiger partial charge on any atom is -0.296 e. The summed E-state index contributed by atoms with van der Waals surface area (Å²) < 4.78 is 41.6. The SMILES string of the molecule is FC(F)(F)c1ncc2cc([C@H]3C[C@@H]3c3cc(Cl)nn4ccnc34)ccn12. The van der Waals surface area contributed by atoms with Gasteiger partial charge in [-0.3, -0.25) is 4.40 Å². The largest absolute Gasteiger partial charge is 0.450 e. The van der Waals surface area contributed by atoms with Crippen LogP contribution < -0.4 is 0 Å². The molecule has 4 aromatic rings. The standard InChI is InChI=1S/C17H11ClF3N5/c18-14-7-13(15-22-2-4-26(15)24-14)12-6-11(12)9-1-3-25-10(5-9)8-23-16(25)17(19,20)21/h1-5,7-8,11-12H,6H2/t11-,12+/m1/s1. The van der Waals surface area contributed by atoms with Crippen LogP contribution in [0.3, 0.4) is 0 Å². The number of fused-ring (bicyclic) bond motifs is 2. The van der Waals surface area contributed by atoms with Crippen LogP contribution in [0.15, 0.2) is 43.0 Å².